The lowest BCUT2D eigenvalue weighted by Gasteiger charge is -2.16. The van der Waals surface area contributed by atoms with Crippen molar-refractivity contribution in [1.29, 1.82) is 0 Å². The van der Waals surface area contributed by atoms with Gasteiger partial charge in [-0.25, -0.2) is 8.78 Å². The number of anilines is 1. The van der Waals surface area contributed by atoms with Crippen LogP contribution in [0.4, 0.5) is 14.5 Å². The van der Waals surface area contributed by atoms with E-state index >= 15 is 0 Å². The van der Waals surface area contributed by atoms with E-state index in [4.69, 9.17) is 0 Å². The summed E-state index contributed by atoms with van der Waals surface area (Å²) in [5.74, 6) is -1.35. The Hall–Kier alpha value is -2.43. The van der Waals surface area contributed by atoms with E-state index in [1.165, 1.54) is 12.1 Å². The maximum atomic E-state index is 13.7. The van der Waals surface area contributed by atoms with Crippen molar-refractivity contribution in [3.8, 4) is 0 Å². The molecule has 2 aromatic carbocycles. The molecule has 1 amide bonds. The highest BCUT2D eigenvalue weighted by molar-refractivity contribution is 5.94. The van der Waals surface area contributed by atoms with Crippen LogP contribution in [-0.2, 0) is 0 Å². The number of hydrogen-bond acceptors (Lipinski definition) is 2. The molecule has 0 aliphatic rings. The number of hydrogen-bond donors (Lipinski definition) is 2. The molecule has 110 valence electrons. The smallest absolute Gasteiger partial charge is 0.251 e. The van der Waals surface area contributed by atoms with Crippen LogP contribution in [0.15, 0.2) is 42.5 Å². The van der Waals surface area contributed by atoms with Gasteiger partial charge in [0.1, 0.15) is 11.6 Å². The van der Waals surface area contributed by atoms with Crippen LogP contribution >= 0.6 is 0 Å². The van der Waals surface area contributed by atoms with Crippen LogP contribution in [0.2, 0.25) is 0 Å². The first-order valence-corrected chi connectivity index (χ1v) is 6.55. The predicted molar refractivity (Wildman–Crippen MR) is 78.2 cm³/mol. The first-order valence-electron chi connectivity index (χ1n) is 6.55. The summed E-state index contributed by atoms with van der Waals surface area (Å²) in [6.07, 6.45) is 0. The van der Waals surface area contributed by atoms with Crippen LogP contribution in [0.5, 0.6) is 0 Å². The van der Waals surface area contributed by atoms with Crippen LogP contribution in [0.25, 0.3) is 0 Å². The Morgan fingerprint density at radius 3 is 2.33 bits per heavy atom. The largest absolute Gasteiger partial charge is 0.378 e. The van der Waals surface area contributed by atoms with E-state index < -0.39 is 11.6 Å². The molecule has 2 rings (SSSR count). The predicted octanol–water partition coefficient (Wildman–Crippen LogP) is 3.50. The Labute approximate surface area is 122 Å². The zero-order chi connectivity index (χ0) is 15.4. The van der Waals surface area contributed by atoms with Crippen LogP contribution in [0.3, 0.4) is 0 Å². The first kappa shape index (κ1) is 15.0. The fourth-order valence-electron chi connectivity index (χ4n) is 2.04. The Morgan fingerprint density at radius 1 is 1.10 bits per heavy atom. The fourth-order valence-corrected chi connectivity index (χ4v) is 2.04. The average molecular weight is 290 g/mol. The summed E-state index contributed by atoms with van der Waals surface area (Å²) in [5.41, 5.74) is 1.68. The zero-order valence-electron chi connectivity index (χ0n) is 11.8. The Balaban J connectivity index is 2.12. The van der Waals surface area contributed by atoms with Gasteiger partial charge in [0.25, 0.3) is 5.91 Å². The summed E-state index contributed by atoms with van der Waals surface area (Å²) in [4.78, 5) is 11.4. The highest BCUT2D eigenvalue weighted by Crippen LogP contribution is 2.22. The molecule has 0 aromatic heterocycles. The van der Waals surface area contributed by atoms with E-state index in [1.54, 1.807) is 38.2 Å². The lowest BCUT2D eigenvalue weighted by molar-refractivity contribution is 0.0963. The number of carbonyl (C=O) groups is 1. The minimum Gasteiger partial charge on any atom is -0.378 e. The van der Waals surface area contributed by atoms with Gasteiger partial charge in [0.2, 0.25) is 0 Å². The summed E-state index contributed by atoms with van der Waals surface area (Å²) in [7, 11) is 1.56. The molecule has 3 nitrogen and oxygen atoms in total. The van der Waals surface area contributed by atoms with E-state index in [0.29, 0.717) is 11.1 Å². The molecular weight excluding hydrogens is 274 g/mol. The third kappa shape index (κ3) is 3.56. The molecule has 5 heteroatoms. The molecule has 0 saturated heterocycles. The Kier molecular flexibility index (Phi) is 4.52. The fraction of sp³-hybridized carbons (Fsp3) is 0.188. The van der Waals surface area contributed by atoms with Gasteiger partial charge in [-0.2, -0.15) is 0 Å². The average Bonchev–Trinajstić information content (AvgIpc) is 2.47. The van der Waals surface area contributed by atoms with Crippen LogP contribution in [-0.4, -0.2) is 13.0 Å². The van der Waals surface area contributed by atoms with Crippen molar-refractivity contribution in [2.24, 2.45) is 0 Å². The lowest BCUT2D eigenvalue weighted by atomic mass is 10.1. The number of nitrogens with one attached hydrogen (secondary N) is 2. The normalized spacial score (nSPS) is 11.8. The molecule has 0 aliphatic carbocycles. The quantitative estimate of drug-likeness (QED) is 0.905. The summed E-state index contributed by atoms with van der Waals surface area (Å²) in [6, 6.07) is 10.0. The van der Waals surface area contributed by atoms with Crippen molar-refractivity contribution in [2.45, 2.75) is 13.0 Å². The standard InChI is InChI=1S/C16H16F2N2O/c1-10(14-8-5-12(17)9-15(14)18)20-13-6-3-11(4-7-13)16(21)19-2/h3-10,20H,1-2H3,(H,19,21). The summed E-state index contributed by atoms with van der Waals surface area (Å²) >= 11 is 0. The number of carbonyl (C=O) groups excluding carboxylic acids is 1. The number of halogens is 2. The van der Waals surface area contributed by atoms with Gasteiger partial charge in [-0.15, -0.1) is 0 Å². The second-order valence-corrected chi connectivity index (χ2v) is 4.69. The summed E-state index contributed by atoms with van der Waals surface area (Å²) in [6.45, 7) is 1.78. The third-order valence-corrected chi connectivity index (χ3v) is 3.19. The van der Waals surface area contributed by atoms with Crippen molar-refractivity contribution < 1.29 is 13.6 Å². The van der Waals surface area contributed by atoms with Gasteiger partial charge in [0.15, 0.2) is 0 Å². The van der Waals surface area contributed by atoms with Crippen LogP contribution < -0.4 is 10.6 Å². The molecule has 2 aromatic rings. The molecule has 0 bridgehead atoms. The molecule has 1 unspecified atom stereocenters. The molecule has 0 aliphatic heterocycles. The van der Waals surface area contributed by atoms with Crippen molar-refractivity contribution >= 4 is 11.6 Å². The monoisotopic (exact) mass is 290 g/mol. The van der Waals surface area contributed by atoms with Crippen molar-refractivity contribution in [3.05, 3.63) is 65.2 Å². The van der Waals surface area contributed by atoms with Gasteiger partial charge in [-0.3, -0.25) is 4.79 Å². The number of rotatable bonds is 4. The van der Waals surface area contributed by atoms with Gasteiger partial charge in [0.05, 0.1) is 6.04 Å². The van der Waals surface area contributed by atoms with Crippen molar-refractivity contribution in [2.75, 3.05) is 12.4 Å². The van der Waals surface area contributed by atoms with E-state index in [0.717, 1.165) is 11.8 Å². The van der Waals surface area contributed by atoms with E-state index in [1.807, 2.05) is 0 Å². The van der Waals surface area contributed by atoms with E-state index in [2.05, 4.69) is 10.6 Å². The lowest BCUT2D eigenvalue weighted by Crippen LogP contribution is -2.17. The molecule has 0 heterocycles. The second kappa shape index (κ2) is 6.35. The highest BCUT2D eigenvalue weighted by atomic mass is 19.1. The minimum absolute atomic E-state index is 0.167. The van der Waals surface area contributed by atoms with E-state index in [9.17, 15) is 13.6 Å². The molecule has 0 fully saturated rings. The van der Waals surface area contributed by atoms with Gasteiger partial charge < -0.3 is 10.6 Å². The van der Waals surface area contributed by atoms with Crippen molar-refractivity contribution in [3.63, 3.8) is 0 Å². The zero-order valence-corrected chi connectivity index (χ0v) is 11.8. The summed E-state index contributed by atoms with van der Waals surface area (Å²) in [5, 5.41) is 5.64. The van der Waals surface area contributed by atoms with Gasteiger partial charge in [-0.05, 0) is 37.3 Å². The van der Waals surface area contributed by atoms with Crippen LogP contribution in [0.1, 0.15) is 28.9 Å². The molecule has 1 atom stereocenters. The maximum Gasteiger partial charge on any atom is 0.251 e. The SMILES string of the molecule is CNC(=O)c1ccc(NC(C)c2ccc(F)cc2F)cc1. The Morgan fingerprint density at radius 2 is 1.76 bits per heavy atom. The molecular formula is C16H16F2N2O. The van der Waals surface area contributed by atoms with Gasteiger partial charge in [-0.1, -0.05) is 6.07 Å². The molecule has 0 spiro atoms. The molecule has 0 saturated carbocycles. The highest BCUT2D eigenvalue weighted by Gasteiger charge is 2.12. The van der Waals surface area contributed by atoms with Crippen LogP contribution in [0, 0.1) is 11.6 Å². The van der Waals surface area contributed by atoms with E-state index in [-0.39, 0.29) is 11.9 Å². The number of benzene rings is 2. The van der Waals surface area contributed by atoms with Crippen molar-refractivity contribution in [1.82, 2.24) is 5.32 Å². The van der Waals surface area contributed by atoms with Gasteiger partial charge in [0, 0.05) is 29.9 Å². The Bertz CT molecular complexity index is 641. The third-order valence-electron chi connectivity index (χ3n) is 3.19. The van der Waals surface area contributed by atoms with Gasteiger partial charge >= 0.3 is 0 Å². The molecule has 2 N–H and O–H groups in total. The minimum atomic E-state index is -0.599. The maximum absolute atomic E-state index is 13.7. The summed E-state index contributed by atoms with van der Waals surface area (Å²) < 4.78 is 26.6. The molecule has 21 heavy (non-hydrogen) atoms. The first-order chi connectivity index (χ1) is 10.0. The topological polar surface area (TPSA) is 41.1 Å². The number of amides is 1. The molecule has 0 radical (unpaired) electrons. The second-order valence-electron chi connectivity index (χ2n) is 4.69.